The van der Waals surface area contributed by atoms with E-state index < -0.39 is 0 Å². The van der Waals surface area contributed by atoms with Crippen LogP contribution >= 0.6 is 0 Å². The van der Waals surface area contributed by atoms with Crippen LogP contribution in [0, 0.1) is 5.92 Å². The fourth-order valence-corrected chi connectivity index (χ4v) is 2.02. The Balaban J connectivity index is 1.82. The maximum Gasteiger partial charge on any atom is 0.235 e. The van der Waals surface area contributed by atoms with E-state index in [0.29, 0.717) is 5.95 Å². The van der Waals surface area contributed by atoms with Gasteiger partial charge < -0.3 is 5.32 Å². The molecule has 2 N–H and O–H groups in total. The van der Waals surface area contributed by atoms with E-state index in [-0.39, 0.29) is 11.8 Å². The van der Waals surface area contributed by atoms with Crippen LogP contribution in [-0.4, -0.2) is 33.6 Å². The molecular weight excluding hydrogens is 218 g/mol. The van der Waals surface area contributed by atoms with Crippen molar-refractivity contribution in [3.05, 3.63) is 24.4 Å². The normalized spacial score (nSPS) is 19.6. The first-order valence-corrected chi connectivity index (χ1v) is 5.66. The molecule has 1 fully saturated rings. The molecule has 1 saturated heterocycles. The molecule has 0 saturated carbocycles. The molecule has 0 spiro atoms. The number of amides is 1. The maximum atomic E-state index is 11.9. The van der Waals surface area contributed by atoms with Gasteiger partial charge >= 0.3 is 0 Å². The van der Waals surface area contributed by atoms with Crippen LogP contribution in [0.4, 0.5) is 5.95 Å². The van der Waals surface area contributed by atoms with Gasteiger partial charge in [0.2, 0.25) is 11.9 Å². The quantitative estimate of drug-likeness (QED) is 0.778. The van der Waals surface area contributed by atoms with E-state index in [1.165, 1.54) is 0 Å². The molecule has 1 aliphatic heterocycles. The molecule has 1 atom stereocenters. The summed E-state index contributed by atoms with van der Waals surface area (Å²) in [5, 5.41) is 13.9. The standard InChI is InChI=1S/C11H13N5O/c17-10(8-4-5-12-7-8)13-11-15-14-9-3-1-2-6-16(9)11/h1-3,6,8,12H,4-5,7H2,(H,13,15,17). The molecule has 3 rings (SSSR count). The summed E-state index contributed by atoms with van der Waals surface area (Å²) in [4.78, 5) is 11.9. The zero-order valence-corrected chi connectivity index (χ0v) is 9.26. The zero-order valence-electron chi connectivity index (χ0n) is 9.26. The number of pyridine rings is 1. The van der Waals surface area contributed by atoms with Crippen LogP contribution in [0.5, 0.6) is 0 Å². The van der Waals surface area contributed by atoms with Gasteiger partial charge in [-0.05, 0) is 25.1 Å². The van der Waals surface area contributed by atoms with Crippen LogP contribution in [0.1, 0.15) is 6.42 Å². The van der Waals surface area contributed by atoms with Crippen molar-refractivity contribution in [1.29, 1.82) is 0 Å². The summed E-state index contributed by atoms with van der Waals surface area (Å²) in [5.74, 6) is 0.525. The molecule has 1 unspecified atom stereocenters. The molecule has 3 heterocycles. The molecule has 0 bridgehead atoms. The second-order valence-corrected chi connectivity index (χ2v) is 4.13. The lowest BCUT2D eigenvalue weighted by Crippen LogP contribution is -2.25. The number of anilines is 1. The molecule has 2 aromatic rings. The third-order valence-electron chi connectivity index (χ3n) is 2.98. The van der Waals surface area contributed by atoms with E-state index in [9.17, 15) is 4.79 Å². The summed E-state index contributed by atoms with van der Waals surface area (Å²) in [6, 6.07) is 5.61. The minimum absolute atomic E-state index is 0.00755. The largest absolute Gasteiger partial charge is 0.316 e. The second kappa shape index (κ2) is 4.14. The van der Waals surface area contributed by atoms with Gasteiger partial charge in [0.25, 0.3) is 0 Å². The monoisotopic (exact) mass is 231 g/mol. The lowest BCUT2D eigenvalue weighted by atomic mass is 10.1. The summed E-state index contributed by atoms with van der Waals surface area (Å²) < 4.78 is 1.76. The van der Waals surface area contributed by atoms with E-state index in [4.69, 9.17) is 0 Å². The first kappa shape index (κ1) is 10.2. The number of hydrogen-bond acceptors (Lipinski definition) is 4. The Morgan fingerprint density at radius 3 is 3.24 bits per heavy atom. The summed E-state index contributed by atoms with van der Waals surface area (Å²) in [5.41, 5.74) is 0.729. The molecule has 1 aliphatic rings. The lowest BCUT2D eigenvalue weighted by molar-refractivity contribution is -0.119. The average molecular weight is 231 g/mol. The second-order valence-electron chi connectivity index (χ2n) is 4.13. The predicted octanol–water partition coefficient (Wildman–Crippen LogP) is 0.277. The van der Waals surface area contributed by atoms with E-state index in [0.717, 1.165) is 25.2 Å². The molecule has 2 aromatic heterocycles. The fourth-order valence-electron chi connectivity index (χ4n) is 2.02. The van der Waals surface area contributed by atoms with Crippen molar-refractivity contribution in [2.45, 2.75) is 6.42 Å². The van der Waals surface area contributed by atoms with Gasteiger partial charge in [0.1, 0.15) is 0 Å². The van der Waals surface area contributed by atoms with Crippen LogP contribution in [-0.2, 0) is 4.79 Å². The molecule has 0 aliphatic carbocycles. The van der Waals surface area contributed by atoms with Crippen molar-refractivity contribution in [2.24, 2.45) is 5.92 Å². The van der Waals surface area contributed by atoms with Gasteiger partial charge in [0, 0.05) is 12.7 Å². The van der Waals surface area contributed by atoms with E-state index in [2.05, 4.69) is 20.8 Å². The third kappa shape index (κ3) is 1.87. The highest BCUT2D eigenvalue weighted by atomic mass is 16.2. The smallest absolute Gasteiger partial charge is 0.235 e. The summed E-state index contributed by atoms with van der Waals surface area (Å²) in [6.45, 7) is 1.64. The molecule has 17 heavy (non-hydrogen) atoms. The highest BCUT2D eigenvalue weighted by molar-refractivity contribution is 5.91. The molecule has 0 aromatic carbocycles. The average Bonchev–Trinajstić information content (AvgIpc) is 2.98. The highest BCUT2D eigenvalue weighted by Gasteiger charge is 2.23. The first-order valence-electron chi connectivity index (χ1n) is 5.66. The number of carbonyl (C=O) groups is 1. The number of nitrogens with one attached hydrogen (secondary N) is 2. The Morgan fingerprint density at radius 2 is 2.41 bits per heavy atom. The Morgan fingerprint density at radius 1 is 1.47 bits per heavy atom. The number of rotatable bonds is 2. The van der Waals surface area contributed by atoms with Crippen LogP contribution in [0.25, 0.3) is 5.65 Å². The fraction of sp³-hybridized carbons (Fsp3) is 0.364. The third-order valence-corrected chi connectivity index (χ3v) is 2.98. The van der Waals surface area contributed by atoms with E-state index in [1.807, 2.05) is 24.4 Å². The van der Waals surface area contributed by atoms with Crippen LogP contribution in [0.3, 0.4) is 0 Å². The minimum atomic E-state index is 0.00755. The molecule has 1 amide bonds. The van der Waals surface area contributed by atoms with Crippen LogP contribution < -0.4 is 10.6 Å². The summed E-state index contributed by atoms with van der Waals surface area (Å²) in [7, 11) is 0. The number of nitrogens with zero attached hydrogens (tertiary/aromatic N) is 3. The maximum absolute atomic E-state index is 11.9. The van der Waals surface area contributed by atoms with Crippen molar-refractivity contribution in [3.8, 4) is 0 Å². The van der Waals surface area contributed by atoms with Crippen LogP contribution in [0.2, 0.25) is 0 Å². The van der Waals surface area contributed by atoms with Crippen molar-refractivity contribution < 1.29 is 4.79 Å². The molecule has 6 nitrogen and oxygen atoms in total. The Kier molecular flexibility index (Phi) is 2.49. The summed E-state index contributed by atoms with van der Waals surface area (Å²) in [6.07, 6.45) is 2.71. The van der Waals surface area contributed by atoms with Crippen molar-refractivity contribution >= 4 is 17.5 Å². The summed E-state index contributed by atoms with van der Waals surface area (Å²) >= 11 is 0. The van der Waals surface area contributed by atoms with Crippen molar-refractivity contribution in [2.75, 3.05) is 18.4 Å². The molecular formula is C11H13N5O. The predicted molar refractivity (Wildman–Crippen MR) is 62.6 cm³/mol. The van der Waals surface area contributed by atoms with Gasteiger partial charge in [-0.1, -0.05) is 6.07 Å². The first-order chi connectivity index (χ1) is 8.34. The zero-order chi connectivity index (χ0) is 11.7. The topological polar surface area (TPSA) is 71.3 Å². The number of hydrogen-bond donors (Lipinski definition) is 2. The Hall–Kier alpha value is -1.95. The lowest BCUT2D eigenvalue weighted by Gasteiger charge is -2.07. The minimum Gasteiger partial charge on any atom is -0.316 e. The number of aromatic nitrogens is 3. The SMILES string of the molecule is O=C(Nc1nnc2ccccn12)C1CCNC1. The Labute approximate surface area is 98.0 Å². The van der Waals surface area contributed by atoms with Crippen LogP contribution in [0.15, 0.2) is 24.4 Å². The Bertz CT molecular complexity index is 544. The molecule has 0 radical (unpaired) electrons. The van der Waals surface area contributed by atoms with Crippen molar-refractivity contribution in [3.63, 3.8) is 0 Å². The van der Waals surface area contributed by atoms with Gasteiger partial charge in [0.15, 0.2) is 5.65 Å². The van der Waals surface area contributed by atoms with E-state index >= 15 is 0 Å². The molecule has 88 valence electrons. The van der Waals surface area contributed by atoms with E-state index in [1.54, 1.807) is 4.40 Å². The number of carbonyl (C=O) groups excluding carboxylic acids is 1. The van der Waals surface area contributed by atoms with Gasteiger partial charge in [-0.2, -0.15) is 0 Å². The molecule has 6 heteroatoms. The van der Waals surface area contributed by atoms with Crippen molar-refractivity contribution in [1.82, 2.24) is 19.9 Å². The number of fused-ring (bicyclic) bond motifs is 1. The van der Waals surface area contributed by atoms with Gasteiger partial charge in [-0.25, -0.2) is 0 Å². The van der Waals surface area contributed by atoms with Gasteiger partial charge in [0.05, 0.1) is 5.92 Å². The van der Waals surface area contributed by atoms with Gasteiger partial charge in [-0.3, -0.25) is 14.5 Å². The van der Waals surface area contributed by atoms with Gasteiger partial charge in [-0.15, -0.1) is 10.2 Å². The highest BCUT2D eigenvalue weighted by Crippen LogP contribution is 2.12.